The minimum Gasteiger partial charge on any atom is -0.503 e. The number of allylic oxidation sites excluding steroid dienone is 6. The van der Waals surface area contributed by atoms with Crippen LogP contribution in [0.25, 0.3) is 0 Å². The Morgan fingerprint density at radius 3 is 2.50 bits per heavy atom. The van der Waals surface area contributed by atoms with Crippen LogP contribution in [0.2, 0.25) is 5.02 Å². The molecule has 0 aromatic heterocycles. The molecule has 3 aliphatic carbocycles. The molecule has 38 heavy (non-hydrogen) atoms. The molecule has 2 aromatic rings. The number of nitrogens with zero attached hydrogens (tertiary/aromatic N) is 1. The van der Waals surface area contributed by atoms with Crippen molar-refractivity contribution in [1.29, 1.82) is 0 Å². The maximum atomic E-state index is 13.8. The Morgan fingerprint density at radius 2 is 1.79 bits per heavy atom. The number of benzene rings is 2. The summed E-state index contributed by atoms with van der Waals surface area (Å²) in [5.74, 6) is -3.74. The molecule has 4 aliphatic rings. The van der Waals surface area contributed by atoms with Gasteiger partial charge in [0.15, 0.2) is 23.1 Å². The van der Waals surface area contributed by atoms with Crippen LogP contribution >= 0.6 is 27.5 Å². The summed E-state index contributed by atoms with van der Waals surface area (Å²) in [5, 5.41) is 10.4. The van der Waals surface area contributed by atoms with E-state index in [9.17, 15) is 24.3 Å². The van der Waals surface area contributed by atoms with Gasteiger partial charge in [-0.2, -0.15) is 0 Å². The first-order valence-corrected chi connectivity index (χ1v) is 13.3. The van der Waals surface area contributed by atoms with Crippen molar-refractivity contribution < 1.29 is 29.0 Å². The van der Waals surface area contributed by atoms with Gasteiger partial charge < -0.3 is 9.84 Å². The largest absolute Gasteiger partial charge is 0.503 e. The molecule has 1 heterocycles. The summed E-state index contributed by atoms with van der Waals surface area (Å²) in [7, 11) is 1.39. The average Bonchev–Trinajstić information content (AvgIpc) is 3.17. The van der Waals surface area contributed by atoms with Crippen LogP contribution in [0, 0.1) is 17.8 Å². The van der Waals surface area contributed by atoms with Gasteiger partial charge in [-0.05, 0) is 64.5 Å². The Hall–Kier alpha value is -3.49. The van der Waals surface area contributed by atoms with E-state index in [4.69, 9.17) is 16.3 Å². The topological polar surface area (TPSA) is 101 Å². The van der Waals surface area contributed by atoms with Gasteiger partial charge in [0.05, 0.1) is 34.1 Å². The molecule has 1 saturated heterocycles. The summed E-state index contributed by atoms with van der Waals surface area (Å²) in [4.78, 5) is 55.2. The number of fused-ring (bicyclic) bond motifs is 3. The lowest BCUT2D eigenvalue weighted by atomic mass is 9.59. The third-order valence-corrected chi connectivity index (χ3v) is 8.83. The van der Waals surface area contributed by atoms with E-state index < -0.39 is 23.7 Å². The van der Waals surface area contributed by atoms with Crippen LogP contribution in [0.1, 0.15) is 24.3 Å². The fourth-order valence-electron chi connectivity index (χ4n) is 6.33. The Morgan fingerprint density at radius 1 is 1.05 bits per heavy atom. The lowest BCUT2D eigenvalue weighted by Crippen LogP contribution is -2.39. The highest BCUT2D eigenvalue weighted by molar-refractivity contribution is 9.12. The standard InChI is InChI=1S/C29H21BrClNO6/c1-38-22-10-13(9-20(31)27(22)35)23-15-7-8-16-24(29(37)32(28(16)36)14-5-3-2-4-6-14)17(15)11-18-25(23)21(33)12-19(30)26(18)34/h2-7,9-10,12,16-17,23-24,35H,8,11H2,1H3/t16-,17+,23-,24-/m0/s1. The number of phenolic OH excluding ortho intramolecular Hbond substituents is 1. The minimum absolute atomic E-state index is 0.0339. The Kier molecular flexibility index (Phi) is 5.92. The number of carbonyl (C=O) groups is 4. The molecule has 1 aliphatic heterocycles. The number of phenols is 1. The number of carbonyl (C=O) groups excluding carboxylic acids is 4. The molecule has 9 heteroatoms. The van der Waals surface area contributed by atoms with Gasteiger partial charge in [0.1, 0.15) is 0 Å². The van der Waals surface area contributed by atoms with E-state index in [1.165, 1.54) is 18.1 Å². The molecule has 0 unspecified atom stereocenters. The molecule has 7 nitrogen and oxygen atoms in total. The van der Waals surface area contributed by atoms with Gasteiger partial charge in [0, 0.05) is 23.1 Å². The molecule has 1 fully saturated rings. The van der Waals surface area contributed by atoms with E-state index in [2.05, 4.69) is 15.9 Å². The zero-order valence-electron chi connectivity index (χ0n) is 20.1. The van der Waals surface area contributed by atoms with Crippen LogP contribution < -0.4 is 9.64 Å². The highest BCUT2D eigenvalue weighted by atomic mass is 79.9. The van der Waals surface area contributed by atoms with Crippen molar-refractivity contribution in [1.82, 2.24) is 0 Å². The van der Waals surface area contributed by atoms with Crippen molar-refractivity contribution in [3.8, 4) is 11.5 Å². The molecule has 0 radical (unpaired) electrons. The van der Waals surface area contributed by atoms with Crippen LogP contribution in [0.4, 0.5) is 5.69 Å². The first kappa shape index (κ1) is 24.8. The number of ether oxygens (including phenoxy) is 1. The molecule has 0 spiro atoms. The summed E-state index contributed by atoms with van der Waals surface area (Å²) in [6, 6.07) is 11.9. The second kappa shape index (κ2) is 9.06. The van der Waals surface area contributed by atoms with Crippen molar-refractivity contribution in [3.63, 3.8) is 0 Å². The number of imide groups is 1. The maximum Gasteiger partial charge on any atom is 0.238 e. The average molecular weight is 595 g/mol. The molecular weight excluding hydrogens is 574 g/mol. The van der Waals surface area contributed by atoms with Crippen LogP contribution in [0.15, 0.2) is 75.8 Å². The number of aromatic hydroxyl groups is 1. The van der Waals surface area contributed by atoms with Crippen molar-refractivity contribution in [3.05, 3.63) is 86.4 Å². The van der Waals surface area contributed by atoms with E-state index >= 15 is 0 Å². The van der Waals surface area contributed by atoms with Gasteiger partial charge in [-0.15, -0.1) is 0 Å². The maximum absolute atomic E-state index is 13.8. The van der Waals surface area contributed by atoms with Crippen LogP contribution in [0.5, 0.6) is 11.5 Å². The first-order valence-electron chi connectivity index (χ1n) is 12.1. The van der Waals surface area contributed by atoms with E-state index in [1.807, 2.05) is 12.1 Å². The van der Waals surface area contributed by atoms with Gasteiger partial charge >= 0.3 is 0 Å². The fraction of sp³-hybridized carbons (Fsp3) is 0.241. The predicted octanol–water partition coefficient (Wildman–Crippen LogP) is 5.02. The normalized spacial score (nSPS) is 26.6. The highest BCUT2D eigenvalue weighted by Gasteiger charge is 2.56. The zero-order chi connectivity index (χ0) is 26.9. The molecular formula is C29H21BrClNO6. The molecule has 6 rings (SSSR count). The van der Waals surface area contributed by atoms with Crippen molar-refractivity contribution in [2.75, 3.05) is 12.0 Å². The number of para-hydroxylation sites is 1. The fourth-order valence-corrected chi connectivity index (χ4v) is 7.00. The molecule has 0 bridgehead atoms. The lowest BCUT2D eigenvalue weighted by Gasteiger charge is -2.42. The number of ketones is 2. The SMILES string of the molecule is COc1cc([C@H]2C3=CC[C@@H]4C(=O)N(c5ccccc5)C(=O)[C@@H]4[C@@H]3CC3=C2C(=O)C=C(Br)C3=O)cc(Cl)c1O. The van der Waals surface area contributed by atoms with E-state index in [0.717, 1.165) is 5.57 Å². The van der Waals surface area contributed by atoms with Crippen molar-refractivity contribution >= 4 is 56.6 Å². The molecule has 2 aromatic carbocycles. The summed E-state index contributed by atoms with van der Waals surface area (Å²) in [5.41, 5.74) is 2.49. The Balaban J connectivity index is 1.52. The number of hydrogen-bond donors (Lipinski definition) is 1. The van der Waals surface area contributed by atoms with E-state index in [1.54, 1.807) is 36.4 Å². The molecule has 2 amide bonds. The van der Waals surface area contributed by atoms with Gasteiger partial charge in [0.2, 0.25) is 11.8 Å². The number of methoxy groups -OCH3 is 1. The van der Waals surface area contributed by atoms with Gasteiger partial charge in [0.25, 0.3) is 0 Å². The second-order valence-corrected chi connectivity index (χ2v) is 11.1. The van der Waals surface area contributed by atoms with Gasteiger partial charge in [-0.1, -0.05) is 41.4 Å². The van der Waals surface area contributed by atoms with Crippen LogP contribution in [0.3, 0.4) is 0 Å². The Labute approximate surface area is 231 Å². The second-order valence-electron chi connectivity index (χ2n) is 9.79. The quantitative estimate of drug-likeness (QED) is 0.304. The first-order chi connectivity index (χ1) is 18.2. The minimum atomic E-state index is -0.696. The molecule has 1 N–H and O–H groups in total. The number of halogens is 2. The third-order valence-electron chi connectivity index (χ3n) is 7.95. The predicted molar refractivity (Wildman–Crippen MR) is 143 cm³/mol. The molecule has 192 valence electrons. The van der Waals surface area contributed by atoms with Gasteiger partial charge in [-0.25, -0.2) is 0 Å². The van der Waals surface area contributed by atoms with Crippen molar-refractivity contribution in [2.24, 2.45) is 17.8 Å². The number of anilines is 1. The Bertz CT molecular complexity index is 1540. The highest BCUT2D eigenvalue weighted by Crippen LogP contribution is 2.56. The van der Waals surface area contributed by atoms with Gasteiger partial charge in [-0.3, -0.25) is 24.1 Å². The number of rotatable bonds is 3. The molecule has 4 atom stereocenters. The van der Waals surface area contributed by atoms with Crippen molar-refractivity contribution in [2.45, 2.75) is 18.8 Å². The third kappa shape index (κ3) is 3.54. The summed E-state index contributed by atoms with van der Waals surface area (Å²) < 4.78 is 5.46. The summed E-state index contributed by atoms with van der Waals surface area (Å²) >= 11 is 9.55. The smallest absolute Gasteiger partial charge is 0.238 e. The number of amides is 2. The lowest BCUT2D eigenvalue weighted by molar-refractivity contribution is -0.123. The summed E-state index contributed by atoms with van der Waals surface area (Å²) in [6.45, 7) is 0. The number of Topliss-reactive ketones (excluding diaryl/α,β-unsaturated/α-hetero) is 1. The zero-order valence-corrected chi connectivity index (χ0v) is 22.5. The van der Waals surface area contributed by atoms with E-state index in [0.29, 0.717) is 28.8 Å². The summed E-state index contributed by atoms with van der Waals surface area (Å²) in [6.07, 6.45) is 3.69. The van der Waals surface area contributed by atoms with Crippen LogP contribution in [-0.4, -0.2) is 35.6 Å². The molecule has 0 saturated carbocycles. The monoisotopic (exact) mass is 593 g/mol. The van der Waals surface area contributed by atoms with Crippen LogP contribution in [-0.2, 0) is 19.2 Å². The van der Waals surface area contributed by atoms with E-state index in [-0.39, 0.29) is 50.8 Å². The number of hydrogen-bond acceptors (Lipinski definition) is 6.